The van der Waals surface area contributed by atoms with Gasteiger partial charge in [-0.25, -0.2) is 4.79 Å². The van der Waals surface area contributed by atoms with Gasteiger partial charge in [-0.3, -0.25) is 0 Å². The predicted octanol–water partition coefficient (Wildman–Crippen LogP) is 3.42. The number of hydrogen-bond acceptors (Lipinski definition) is 3. The molecule has 0 radical (unpaired) electrons. The lowest BCUT2D eigenvalue weighted by atomic mass is 10.2. The van der Waals surface area contributed by atoms with Crippen molar-refractivity contribution >= 4 is 11.7 Å². The summed E-state index contributed by atoms with van der Waals surface area (Å²) in [5.74, 6) is 1.53. The maximum absolute atomic E-state index is 11.9. The quantitative estimate of drug-likeness (QED) is 0.859. The minimum absolute atomic E-state index is 0.268. The van der Waals surface area contributed by atoms with Crippen LogP contribution in [0.3, 0.4) is 0 Å². The van der Waals surface area contributed by atoms with Crippen LogP contribution in [0.25, 0.3) is 0 Å². The normalized spacial score (nSPS) is 9.91. The second-order valence-corrected chi connectivity index (χ2v) is 4.58. The van der Waals surface area contributed by atoms with Crippen molar-refractivity contribution in [3.8, 4) is 11.5 Å². The first-order valence-corrected chi connectivity index (χ1v) is 7.12. The minimum atomic E-state index is -0.268. The first-order chi connectivity index (χ1) is 10.7. The van der Waals surface area contributed by atoms with Gasteiger partial charge in [0.05, 0.1) is 13.7 Å². The Bertz CT molecular complexity index is 612. The largest absolute Gasteiger partial charge is 0.496 e. The Morgan fingerprint density at radius 3 is 2.50 bits per heavy atom. The molecule has 0 atom stereocenters. The van der Waals surface area contributed by atoms with Gasteiger partial charge in [0.1, 0.15) is 11.5 Å². The molecule has 0 aliphatic heterocycles. The Kier molecular flexibility index (Phi) is 5.65. The number of ether oxygens (including phenoxy) is 2. The van der Waals surface area contributed by atoms with Gasteiger partial charge >= 0.3 is 6.03 Å². The van der Waals surface area contributed by atoms with Gasteiger partial charge in [0.2, 0.25) is 0 Å². The number of rotatable bonds is 6. The second kappa shape index (κ2) is 7.93. The monoisotopic (exact) mass is 300 g/mol. The van der Waals surface area contributed by atoms with Crippen LogP contribution in [0, 0.1) is 0 Å². The van der Waals surface area contributed by atoms with Gasteiger partial charge in [-0.05, 0) is 37.3 Å². The lowest BCUT2D eigenvalue weighted by Crippen LogP contribution is -2.28. The van der Waals surface area contributed by atoms with Gasteiger partial charge in [-0.1, -0.05) is 18.2 Å². The van der Waals surface area contributed by atoms with E-state index in [1.165, 1.54) is 0 Å². The van der Waals surface area contributed by atoms with Gasteiger partial charge < -0.3 is 20.1 Å². The number of hydrogen-bond donors (Lipinski definition) is 2. The molecule has 22 heavy (non-hydrogen) atoms. The molecule has 116 valence electrons. The number of urea groups is 1. The Morgan fingerprint density at radius 2 is 1.82 bits per heavy atom. The SMILES string of the molecule is CCOc1ccc(NC(=O)NCc2ccccc2OC)cc1. The number of amides is 2. The molecule has 0 saturated carbocycles. The van der Waals surface area contributed by atoms with E-state index in [4.69, 9.17) is 9.47 Å². The van der Waals surface area contributed by atoms with Crippen LogP contribution in [0.4, 0.5) is 10.5 Å². The Morgan fingerprint density at radius 1 is 1.09 bits per heavy atom. The topological polar surface area (TPSA) is 59.6 Å². The molecular formula is C17H20N2O3. The van der Waals surface area contributed by atoms with E-state index in [9.17, 15) is 4.79 Å². The average Bonchev–Trinajstić information content (AvgIpc) is 2.55. The van der Waals surface area contributed by atoms with Crippen molar-refractivity contribution < 1.29 is 14.3 Å². The van der Waals surface area contributed by atoms with E-state index in [1.807, 2.05) is 43.3 Å². The number of carbonyl (C=O) groups excluding carboxylic acids is 1. The molecule has 0 bridgehead atoms. The molecule has 2 aromatic carbocycles. The highest BCUT2D eigenvalue weighted by molar-refractivity contribution is 5.89. The third-order valence-corrected chi connectivity index (χ3v) is 3.06. The Balaban J connectivity index is 1.87. The zero-order valence-electron chi connectivity index (χ0n) is 12.8. The number of anilines is 1. The first kappa shape index (κ1) is 15.7. The van der Waals surface area contributed by atoms with Crippen molar-refractivity contribution in [1.82, 2.24) is 5.32 Å². The van der Waals surface area contributed by atoms with E-state index in [0.29, 0.717) is 18.8 Å². The fourth-order valence-corrected chi connectivity index (χ4v) is 2.00. The lowest BCUT2D eigenvalue weighted by Gasteiger charge is -2.11. The standard InChI is InChI=1S/C17H20N2O3/c1-3-22-15-10-8-14(9-11-15)19-17(20)18-12-13-6-4-5-7-16(13)21-2/h4-11H,3,12H2,1-2H3,(H2,18,19,20). The maximum Gasteiger partial charge on any atom is 0.319 e. The van der Waals surface area contributed by atoms with E-state index in [2.05, 4.69) is 10.6 Å². The molecule has 5 heteroatoms. The summed E-state index contributed by atoms with van der Waals surface area (Å²) in [5, 5.41) is 5.57. The number of para-hydroxylation sites is 1. The van der Waals surface area contributed by atoms with Crippen molar-refractivity contribution in [2.45, 2.75) is 13.5 Å². The fourth-order valence-electron chi connectivity index (χ4n) is 2.00. The third-order valence-electron chi connectivity index (χ3n) is 3.06. The first-order valence-electron chi connectivity index (χ1n) is 7.12. The molecule has 0 heterocycles. The average molecular weight is 300 g/mol. The molecule has 0 unspecified atom stereocenters. The number of methoxy groups -OCH3 is 1. The maximum atomic E-state index is 11.9. The number of carbonyl (C=O) groups is 1. The zero-order chi connectivity index (χ0) is 15.8. The molecule has 2 amide bonds. The molecule has 0 spiro atoms. The molecule has 0 fully saturated rings. The van der Waals surface area contributed by atoms with Crippen LogP contribution in [0.15, 0.2) is 48.5 Å². The summed E-state index contributed by atoms with van der Waals surface area (Å²) in [6.07, 6.45) is 0. The van der Waals surface area contributed by atoms with Crippen molar-refractivity contribution in [3.05, 3.63) is 54.1 Å². The van der Waals surface area contributed by atoms with Crippen LogP contribution in [0.1, 0.15) is 12.5 Å². The highest BCUT2D eigenvalue weighted by Crippen LogP contribution is 2.17. The van der Waals surface area contributed by atoms with Gasteiger partial charge in [-0.15, -0.1) is 0 Å². The molecule has 0 aliphatic carbocycles. The summed E-state index contributed by atoms with van der Waals surface area (Å²) in [5.41, 5.74) is 1.63. The van der Waals surface area contributed by atoms with E-state index >= 15 is 0 Å². The highest BCUT2D eigenvalue weighted by atomic mass is 16.5. The van der Waals surface area contributed by atoms with Crippen LogP contribution in [0.5, 0.6) is 11.5 Å². The lowest BCUT2D eigenvalue weighted by molar-refractivity contribution is 0.251. The van der Waals surface area contributed by atoms with E-state index in [-0.39, 0.29) is 6.03 Å². The van der Waals surface area contributed by atoms with Gasteiger partial charge in [0.25, 0.3) is 0 Å². The van der Waals surface area contributed by atoms with Crippen LogP contribution in [-0.2, 0) is 6.54 Å². The third kappa shape index (κ3) is 4.41. The molecular weight excluding hydrogens is 280 g/mol. The molecule has 2 aromatic rings. The van der Waals surface area contributed by atoms with Crippen molar-refractivity contribution in [2.24, 2.45) is 0 Å². The summed E-state index contributed by atoms with van der Waals surface area (Å²) < 4.78 is 10.6. The summed E-state index contributed by atoms with van der Waals surface area (Å²) >= 11 is 0. The molecule has 2 N–H and O–H groups in total. The molecule has 0 aromatic heterocycles. The summed E-state index contributed by atoms with van der Waals surface area (Å²) in [7, 11) is 1.61. The summed E-state index contributed by atoms with van der Waals surface area (Å²) in [6.45, 7) is 2.94. The van der Waals surface area contributed by atoms with Crippen LogP contribution < -0.4 is 20.1 Å². The number of nitrogens with one attached hydrogen (secondary N) is 2. The van der Waals surface area contributed by atoms with Gasteiger partial charge in [0, 0.05) is 17.8 Å². The molecule has 0 aliphatic rings. The van der Waals surface area contributed by atoms with Gasteiger partial charge in [-0.2, -0.15) is 0 Å². The van der Waals surface area contributed by atoms with E-state index in [1.54, 1.807) is 19.2 Å². The van der Waals surface area contributed by atoms with Crippen LogP contribution in [0.2, 0.25) is 0 Å². The van der Waals surface area contributed by atoms with E-state index < -0.39 is 0 Å². The summed E-state index contributed by atoms with van der Waals surface area (Å²) in [6, 6.07) is 14.5. The fraction of sp³-hybridized carbons (Fsp3) is 0.235. The van der Waals surface area contributed by atoms with E-state index in [0.717, 1.165) is 17.1 Å². The van der Waals surface area contributed by atoms with Crippen LogP contribution >= 0.6 is 0 Å². The molecule has 2 rings (SSSR count). The van der Waals surface area contributed by atoms with Crippen molar-refractivity contribution in [3.63, 3.8) is 0 Å². The van der Waals surface area contributed by atoms with Crippen molar-refractivity contribution in [2.75, 3.05) is 19.0 Å². The predicted molar refractivity (Wildman–Crippen MR) is 86.5 cm³/mol. The van der Waals surface area contributed by atoms with Gasteiger partial charge in [0.15, 0.2) is 0 Å². The summed E-state index contributed by atoms with van der Waals surface area (Å²) in [4.78, 5) is 11.9. The van der Waals surface area contributed by atoms with Crippen molar-refractivity contribution in [1.29, 1.82) is 0 Å². The highest BCUT2D eigenvalue weighted by Gasteiger charge is 2.05. The molecule has 5 nitrogen and oxygen atoms in total. The Labute approximate surface area is 130 Å². The smallest absolute Gasteiger partial charge is 0.319 e. The Hall–Kier alpha value is -2.69. The number of benzene rings is 2. The second-order valence-electron chi connectivity index (χ2n) is 4.58. The van der Waals surface area contributed by atoms with Crippen LogP contribution in [-0.4, -0.2) is 19.7 Å². The minimum Gasteiger partial charge on any atom is -0.496 e. The molecule has 0 saturated heterocycles. The zero-order valence-corrected chi connectivity index (χ0v) is 12.8.